The summed E-state index contributed by atoms with van der Waals surface area (Å²) in [6.07, 6.45) is 4.05. The van der Waals surface area contributed by atoms with Gasteiger partial charge in [-0.3, -0.25) is 9.59 Å². The summed E-state index contributed by atoms with van der Waals surface area (Å²) < 4.78 is 0. The Balaban J connectivity index is 2.16. The van der Waals surface area contributed by atoms with Crippen LogP contribution in [0.3, 0.4) is 0 Å². The predicted molar refractivity (Wildman–Crippen MR) is 82.7 cm³/mol. The summed E-state index contributed by atoms with van der Waals surface area (Å²) in [5.74, 6) is 5.06. The Bertz CT molecular complexity index is 579. The fraction of sp³-hybridized carbons (Fsp3) is 0.467. The van der Waals surface area contributed by atoms with Gasteiger partial charge in [-0.05, 0) is 25.0 Å². The first kappa shape index (κ1) is 15.5. The number of primary amides is 1. The zero-order valence-corrected chi connectivity index (χ0v) is 12.6. The lowest BCUT2D eigenvalue weighted by Gasteiger charge is -2.27. The number of nitrogens with two attached hydrogens (primary N) is 2. The van der Waals surface area contributed by atoms with E-state index in [1.165, 1.54) is 11.3 Å². The molecule has 112 valence electrons. The molecule has 4 N–H and O–H groups in total. The monoisotopic (exact) mass is 305 g/mol. The van der Waals surface area contributed by atoms with Crippen LogP contribution in [0.2, 0.25) is 0 Å². The number of amides is 2. The van der Waals surface area contributed by atoms with E-state index in [1.54, 1.807) is 17.0 Å². The minimum absolute atomic E-state index is 0.0226. The van der Waals surface area contributed by atoms with Crippen molar-refractivity contribution in [2.24, 2.45) is 11.5 Å². The van der Waals surface area contributed by atoms with Gasteiger partial charge in [-0.2, -0.15) is 0 Å². The molecule has 1 saturated carbocycles. The lowest BCUT2D eigenvalue weighted by molar-refractivity contribution is -0.119. The van der Waals surface area contributed by atoms with Gasteiger partial charge < -0.3 is 16.4 Å². The minimum atomic E-state index is -0.477. The zero-order valence-electron chi connectivity index (χ0n) is 11.8. The Kier molecular flexibility index (Phi) is 5.37. The van der Waals surface area contributed by atoms with E-state index >= 15 is 0 Å². The summed E-state index contributed by atoms with van der Waals surface area (Å²) in [7, 11) is 0. The Hall–Kier alpha value is -1.84. The molecular weight excluding hydrogens is 286 g/mol. The third-order valence-corrected chi connectivity index (χ3v) is 4.47. The third-order valence-electron chi connectivity index (χ3n) is 3.48. The highest BCUT2D eigenvalue weighted by atomic mass is 32.1. The van der Waals surface area contributed by atoms with Gasteiger partial charge in [0.15, 0.2) is 0 Å². The normalized spacial score (nSPS) is 14.5. The van der Waals surface area contributed by atoms with Crippen LogP contribution in [0.25, 0.3) is 0 Å². The van der Waals surface area contributed by atoms with Crippen LogP contribution in [-0.2, 0) is 4.79 Å². The van der Waals surface area contributed by atoms with Crippen molar-refractivity contribution in [1.29, 1.82) is 0 Å². The second-order valence-electron chi connectivity index (χ2n) is 5.01. The van der Waals surface area contributed by atoms with Gasteiger partial charge in [0.1, 0.15) is 0 Å². The van der Waals surface area contributed by atoms with Gasteiger partial charge in [-0.1, -0.05) is 24.7 Å². The molecule has 0 aliphatic heterocycles. The number of nitrogens with zero attached hydrogens (tertiary/aromatic N) is 1. The number of carbonyl (C=O) groups excluding carboxylic acids is 2. The molecule has 2 rings (SSSR count). The predicted octanol–water partition coefficient (Wildman–Crippen LogP) is 0.928. The molecule has 0 aromatic carbocycles. The van der Waals surface area contributed by atoms with Gasteiger partial charge in [0.2, 0.25) is 5.91 Å². The molecule has 6 heteroatoms. The van der Waals surface area contributed by atoms with E-state index in [0.29, 0.717) is 4.88 Å². The van der Waals surface area contributed by atoms with Crippen molar-refractivity contribution >= 4 is 23.2 Å². The molecule has 0 spiro atoms. The van der Waals surface area contributed by atoms with Crippen LogP contribution in [0.5, 0.6) is 0 Å². The molecule has 1 aromatic rings. The molecule has 0 radical (unpaired) electrons. The topological polar surface area (TPSA) is 89.4 Å². The molecule has 1 aliphatic carbocycles. The molecule has 0 unspecified atom stereocenters. The van der Waals surface area contributed by atoms with Crippen molar-refractivity contribution in [2.45, 2.75) is 31.7 Å². The maximum Gasteiger partial charge on any atom is 0.264 e. The number of carbonyl (C=O) groups is 2. The number of rotatable bonds is 4. The fourth-order valence-corrected chi connectivity index (χ4v) is 3.39. The van der Waals surface area contributed by atoms with Crippen molar-refractivity contribution in [1.82, 2.24) is 4.90 Å². The lowest BCUT2D eigenvalue weighted by atomic mass is 10.2. The summed E-state index contributed by atoms with van der Waals surface area (Å²) in [4.78, 5) is 26.9. The van der Waals surface area contributed by atoms with Crippen molar-refractivity contribution in [3.63, 3.8) is 0 Å². The van der Waals surface area contributed by atoms with Crippen molar-refractivity contribution < 1.29 is 9.59 Å². The van der Waals surface area contributed by atoms with Crippen molar-refractivity contribution in [2.75, 3.05) is 13.1 Å². The molecule has 0 atom stereocenters. The highest BCUT2D eigenvalue weighted by molar-refractivity contribution is 7.14. The quantitative estimate of drug-likeness (QED) is 0.811. The molecule has 1 heterocycles. The standard InChI is InChI=1S/C15H19N3O2S/c16-9-3-6-12-7-8-13(21-12)15(20)18(10-14(17)19)11-4-1-2-5-11/h7-8,11H,1-2,4-5,9-10,16H2,(H2,17,19). The van der Waals surface area contributed by atoms with E-state index in [2.05, 4.69) is 11.8 Å². The Morgan fingerprint density at radius 1 is 1.33 bits per heavy atom. The van der Waals surface area contributed by atoms with Crippen LogP contribution in [0, 0.1) is 11.8 Å². The van der Waals surface area contributed by atoms with E-state index in [9.17, 15) is 9.59 Å². The fourth-order valence-electron chi connectivity index (χ4n) is 2.55. The molecule has 0 bridgehead atoms. The SMILES string of the molecule is NCC#Cc1ccc(C(=O)N(CC(N)=O)C2CCCC2)s1. The van der Waals surface area contributed by atoms with E-state index in [4.69, 9.17) is 11.5 Å². The zero-order chi connectivity index (χ0) is 15.2. The van der Waals surface area contributed by atoms with E-state index in [0.717, 1.165) is 30.6 Å². The van der Waals surface area contributed by atoms with E-state index in [-0.39, 0.29) is 25.0 Å². The van der Waals surface area contributed by atoms with Crippen LogP contribution in [0.4, 0.5) is 0 Å². The maximum atomic E-state index is 12.6. The summed E-state index contributed by atoms with van der Waals surface area (Å²) in [5.41, 5.74) is 10.6. The third kappa shape index (κ3) is 4.06. The number of thiophene rings is 1. The van der Waals surface area contributed by atoms with Crippen molar-refractivity contribution in [3.05, 3.63) is 21.9 Å². The van der Waals surface area contributed by atoms with Gasteiger partial charge >= 0.3 is 0 Å². The lowest BCUT2D eigenvalue weighted by Crippen LogP contribution is -2.43. The van der Waals surface area contributed by atoms with Gasteiger partial charge in [0.25, 0.3) is 5.91 Å². The van der Waals surface area contributed by atoms with Crippen LogP contribution >= 0.6 is 11.3 Å². The van der Waals surface area contributed by atoms with Crippen LogP contribution in [0.1, 0.15) is 40.2 Å². The van der Waals surface area contributed by atoms with Crippen LogP contribution in [0.15, 0.2) is 12.1 Å². The Labute approximate surface area is 128 Å². The average molecular weight is 305 g/mol. The van der Waals surface area contributed by atoms with Crippen LogP contribution < -0.4 is 11.5 Å². The molecular formula is C15H19N3O2S. The molecule has 1 fully saturated rings. The smallest absolute Gasteiger partial charge is 0.264 e. The van der Waals surface area contributed by atoms with E-state index in [1.807, 2.05) is 0 Å². The molecule has 21 heavy (non-hydrogen) atoms. The van der Waals surface area contributed by atoms with E-state index < -0.39 is 5.91 Å². The first-order valence-corrected chi connectivity index (χ1v) is 7.81. The van der Waals surface area contributed by atoms with Crippen LogP contribution in [-0.4, -0.2) is 35.8 Å². The number of hydrogen-bond acceptors (Lipinski definition) is 4. The summed E-state index contributed by atoms with van der Waals surface area (Å²) in [6, 6.07) is 3.67. The second-order valence-corrected chi connectivity index (χ2v) is 6.09. The largest absolute Gasteiger partial charge is 0.368 e. The first-order chi connectivity index (χ1) is 10.1. The first-order valence-electron chi connectivity index (χ1n) is 7.00. The van der Waals surface area contributed by atoms with Gasteiger partial charge in [-0.15, -0.1) is 11.3 Å². The highest BCUT2D eigenvalue weighted by Gasteiger charge is 2.29. The molecule has 2 amide bonds. The molecule has 1 aromatic heterocycles. The van der Waals surface area contributed by atoms with Gasteiger partial charge in [-0.25, -0.2) is 0 Å². The van der Waals surface area contributed by atoms with Gasteiger partial charge in [0, 0.05) is 6.04 Å². The Morgan fingerprint density at radius 2 is 2.05 bits per heavy atom. The highest BCUT2D eigenvalue weighted by Crippen LogP contribution is 2.26. The average Bonchev–Trinajstić information content (AvgIpc) is 3.12. The Morgan fingerprint density at radius 3 is 2.67 bits per heavy atom. The summed E-state index contributed by atoms with van der Waals surface area (Å²) in [6.45, 7) is 0.266. The second kappa shape index (κ2) is 7.25. The summed E-state index contributed by atoms with van der Waals surface area (Å²) >= 11 is 1.32. The van der Waals surface area contributed by atoms with Crippen molar-refractivity contribution in [3.8, 4) is 11.8 Å². The van der Waals surface area contributed by atoms with Gasteiger partial charge in [0.05, 0.1) is 22.8 Å². The number of hydrogen-bond donors (Lipinski definition) is 2. The molecule has 5 nitrogen and oxygen atoms in total. The summed E-state index contributed by atoms with van der Waals surface area (Å²) in [5, 5.41) is 0. The maximum absolute atomic E-state index is 12.6. The molecule has 1 aliphatic rings. The molecule has 0 saturated heterocycles. The minimum Gasteiger partial charge on any atom is -0.368 e.